The van der Waals surface area contributed by atoms with Gasteiger partial charge in [0.25, 0.3) is 0 Å². The number of likely N-dealkylation sites (tertiary alicyclic amines) is 1. The van der Waals surface area contributed by atoms with E-state index in [1.807, 2.05) is 0 Å². The summed E-state index contributed by atoms with van der Waals surface area (Å²) in [6, 6.07) is 0.647. The van der Waals surface area contributed by atoms with Crippen LogP contribution in [0.4, 0.5) is 0 Å². The standard InChI is InChI=1S/C14H26N2O3/c1-10(2)16-8-12(5-6-14(18)19-4)7-13(9-16)15-11(3)17/h10,12-13H,5-9H2,1-4H3,(H,15,17). The van der Waals surface area contributed by atoms with Crippen molar-refractivity contribution in [2.75, 3.05) is 20.2 Å². The second-order valence-electron chi connectivity index (χ2n) is 5.66. The number of methoxy groups -OCH3 is 1. The van der Waals surface area contributed by atoms with Crippen molar-refractivity contribution in [2.45, 2.75) is 52.1 Å². The van der Waals surface area contributed by atoms with Crippen LogP contribution in [0.1, 0.15) is 40.0 Å². The van der Waals surface area contributed by atoms with Crippen LogP contribution in [-0.2, 0) is 14.3 Å². The SMILES string of the molecule is COC(=O)CCC1CC(NC(C)=O)CN(C(C)C)C1. The number of nitrogens with one attached hydrogen (secondary N) is 1. The Morgan fingerprint density at radius 2 is 2.05 bits per heavy atom. The third-order valence-electron chi connectivity index (χ3n) is 3.69. The summed E-state index contributed by atoms with van der Waals surface area (Å²) in [6.07, 6.45) is 2.23. The van der Waals surface area contributed by atoms with E-state index in [9.17, 15) is 9.59 Å². The molecule has 0 aliphatic carbocycles. The topological polar surface area (TPSA) is 58.6 Å². The molecule has 1 N–H and O–H groups in total. The Labute approximate surface area is 115 Å². The molecule has 0 aromatic heterocycles. The molecule has 0 aromatic carbocycles. The average Bonchev–Trinajstić information content (AvgIpc) is 2.34. The van der Waals surface area contributed by atoms with E-state index in [-0.39, 0.29) is 17.9 Å². The highest BCUT2D eigenvalue weighted by Gasteiger charge is 2.29. The van der Waals surface area contributed by atoms with Crippen LogP contribution in [0, 0.1) is 5.92 Å². The smallest absolute Gasteiger partial charge is 0.305 e. The first-order valence-electron chi connectivity index (χ1n) is 7.00. The van der Waals surface area contributed by atoms with Gasteiger partial charge in [0.15, 0.2) is 0 Å². The number of carbonyl (C=O) groups excluding carboxylic acids is 2. The first-order chi connectivity index (χ1) is 8.92. The van der Waals surface area contributed by atoms with E-state index in [1.54, 1.807) is 6.92 Å². The molecule has 0 radical (unpaired) electrons. The van der Waals surface area contributed by atoms with Crippen molar-refractivity contribution in [3.05, 3.63) is 0 Å². The fourth-order valence-electron chi connectivity index (χ4n) is 2.69. The van der Waals surface area contributed by atoms with Crippen molar-refractivity contribution in [3.63, 3.8) is 0 Å². The van der Waals surface area contributed by atoms with Crippen LogP contribution in [0.5, 0.6) is 0 Å². The van der Waals surface area contributed by atoms with Crippen molar-refractivity contribution in [2.24, 2.45) is 5.92 Å². The lowest BCUT2D eigenvalue weighted by molar-refractivity contribution is -0.141. The molecule has 0 aromatic rings. The molecule has 2 atom stereocenters. The third kappa shape index (κ3) is 5.59. The number of carbonyl (C=O) groups is 2. The monoisotopic (exact) mass is 270 g/mol. The number of amides is 1. The highest BCUT2D eigenvalue weighted by atomic mass is 16.5. The minimum absolute atomic E-state index is 0.0160. The molecule has 0 spiro atoms. The molecule has 0 saturated carbocycles. The van der Waals surface area contributed by atoms with Gasteiger partial charge < -0.3 is 10.1 Å². The summed E-state index contributed by atoms with van der Waals surface area (Å²) in [7, 11) is 1.42. The molecule has 1 saturated heterocycles. The van der Waals surface area contributed by atoms with E-state index in [0.717, 1.165) is 25.9 Å². The molecule has 5 nitrogen and oxygen atoms in total. The molecular formula is C14H26N2O3. The van der Waals surface area contributed by atoms with Gasteiger partial charge in [-0.1, -0.05) is 0 Å². The number of hydrogen-bond donors (Lipinski definition) is 1. The molecule has 1 amide bonds. The molecule has 1 fully saturated rings. The van der Waals surface area contributed by atoms with Gasteiger partial charge >= 0.3 is 5.97 Å². The summed E-state index contributed by atoms with van der Waals surface area (Å²) in [5, 5.41) is 3.00. The van der Waals surface area contributed by atoms with Crippen LogP contribution >= 0.6 is 0 Å². The Balaban J connectivity index is 2.54. The molecule has 110 valence electrons. The molecular weight excluding hydrogens is 244 g/mol. The number of esters is 1. The van der Waals surface area contributed by atoms with Crippen molar-refractivity contribution in [3.8, 4) is 0 Å². The van der Waals surface area contributed by atoms with Gasteiger partial charge in [0.2, 0.25) is 5.91 Å². The third-order valence-corrected chi connectivity index (χ3v) is 3.69. The molecule has 2 unspecified atom stereocenters. The Kier molecular flexibility index (Phi) is 6.28. The molecule has 1 aliphatic heterocycles. The summed E-state index contributed by atoms with van der Waals surface area (Å²) in [5.74, 6) is 0.298. The second kappa shape index (κ2) is 7.48. The number of piperidine rings is 1. The lowest BCUT2D eigenvalue weighted by Gasteiger charge is -2.40. The summed E-state index contributed by atoms with van der Waals surface area (Å²) in [4.78, 5) is 24.8. The molecule has 5 heteroatoms. The highest BCUT2D eigenvalue weighted by Crippen LogP contribution is 2.23. The number of nitrogens with zero attached hydrogens (tertiary/aromatic N) is 1. The van der Waals surface area contributed by atoms with Crippen molar-refractivity contribution < 1.29 is 14.3 Å². The zero-order chi connectivity index (χ0) is 14.4. The zero-order valence-electron chi connectivity index (χ0n) is 12.4. The molecule has 1 aliphatic rings. The van der Waals surface area contributed by atoms with Crippen LogP contribution in [0.15, 0.2) is 0 Å². The Morgan fingerprint density at radius 1 is 1.37 bits per heavy atom. The first kappa shape index (κ1) is 16.0. The molecule has 1 heterocycles. The minimum Gasteiger partial charge on any atom is -0.469 e. The predicted octanol–water partition coefficient (Wildman–Crippen LogP) is 1.17. The maximum atomic E-state index is 11.2. The van der Waals surface area contributed by atoms with E-state index in [2.05, 4.69) is 28.8 Å². The predicted molar refractivity (Wildman–Crippen MR) is 73.7 cm³/mol. The van der Waals surface area contributed by atoms with E-state index >= 15 is 0 Å². The fraction of sp³-hybridized carbons (Fsp3) is 0.857. The molecule has 0 bridgehead atoms. The van der Waals surface area contributed by atoms with E-state index in [4.69, 9.17) is 0 Å². The van der Waals surface area contributed by atoms with Gasteiger partial charge in [0.1, 0.15) is 0 Å². The molecule has 19 heavy (non-hydrogen) atoms. The number of rotatable bonds is 5. The van der Waals surface area contributed by atoms with Gasteiger partial charge in [-0.15, -0.1) is 0 Å². The maximum Gasteiger partial charge on any atom is 0.305 e. The van der Waals surface area contributed by atoms with Crippen molar-refractivity contribution >= 4 is 11.9 Å². The van der Waals surface area contributed by atoms with Crippen LogP contribution in [0.25, 0.3) is 0 Å². The van der Waals surface area contributed by atoms with Crippen LogP contribution < -0.4 is 5.32 Å². The van der Waals surface area contributed by atoms with E-state index in [0.29, 0.717) is 18.4 Å². The number of ether oxygens (including phenoxy) is 1. The van der Waals surface area contributed by atoms with Crippen LogP contribution in [0.2, 0.25) is 0 Å². The number of hydrogen-bond acceptors (Lipinski definition) is 4. The average molecular weight is 270 g/mol. The molecule has 1 rings (SSSR count). The van der Waals surface area contributed by atoms with E-state index in [1.165, 1.54) is 7.11 Å². The quantitative estimate of drug-likeness (QED) is 0.762. The van der Waals surface area contributed by atoms with Crippen molar-refractivity contribution in [1.29, 1.82) is 0 Å². The lowest BCUT2D eigenvalue weighted by Crippen LogP contribution is -2.52. The summed E-state index contributed by atoms with van der Waals surface area (Å²) < 4.78 is 4.68. The summed E-state index contributed by atoms with van der Waals surface area (Å²) in [6.45, 7) is 7.76. The van der Waals surface area contributed by atoms with Gasteiger partial charge in [-0.3, -0.25) is 14.5 Å². The fourth-order valence-corrected chi connectivity index (χ4v) is 2.69. The summed E-state index contributed by atoms with van der Waals surface area (Å²) >= 11 is 0. The van der Waals surface area contributed by atoms with Crippen molar-refractivity contribution in [1.82, 2.24) is 10.2 Å². The van der Waals surface area contributed by atoms with Crippen LogP contribution in [-0.4, -0.2) is 49.1 Å². The zero-order valence-corrected chi connectivity index (χ0v) is 12.4. The Hall–Kier alpha value is -1.10. The van der Waals surface area contributed by atoms with Gasteiger partial charge in [0.05, 0.1) is 7.11 Å². The van der Waals surface area contributed by atoms with Gasteiger partial charge in [-0.25, -0.2) is 0 Å². The van der Waals surface area contributed by atoms with Crippen LogP contribution in [0.3, 0.4) is 0 Å². The van der Waals surface area contributed by atoms with Gasteiger partial charge in [0, 0.05) is 38.5 Å². The summed E-state index contributed by atoms with van der Waals surface area (Å²) in [5.41, 5.74) is 0. The Morgan fingerprint density at radius 3 is 2.58 bits per heavy atom. The second-order valence-corrected chi connectivity index (χ2v) is 5.66. The Bertz CT molecular complexity index is 318. The minimum atomic E-state index is -0.155. The van der Waals surface area contributed by atoms with Gasteiger partial charge in [-0.2, -0.15) is 0 Å². The van der Waals surface area contributed by atoms with E-state index < -0.39 is 0 Å². The lowest BCUT2D eigenvalue weighted by atomic mass is 9.89. The largest absolute Gasteiger partial charge is 0.469 e. The van der Waals surface area contributed by atoms with Gasteiger partial charge in [-0.05, 0) is 32.6 Å². The maximum absolute atomic E-state index is 11.2. The first-order valence-corrected chi connectivity index (χ1v) is 7.00. The highest BCUT2D eigenvalue weighted by molar-refractivity contribution is 5.73. The normalized spacial score (nSPS) is 24.3.